The number of rotatable bonds is 5. The third-order valence-corrected chi connectivity index (χ3v) is 7.55. The van der Waals surface area contributed by atoms with Gasteiger partial charge in [0, 0.05) is 16.9 Å². The van der Waals surface area contributed by atoms with E-state index in [0.717, 1.165) is 40.5 Å². The zero-order valence-electron chi connectivity index (χ0n) is 16.1. The van der Waals surface area contributed by atoms with Crippen LogP contribution in [0.25, 0.3) is 21.3 Å². The van der Waals surface area contributed by atoms with E-state index in [9.17, 15) is 9.59 Å². The molecule has 1 amide bonds. The highest BCUT2D eigenvalue weighted by Gasteiger charge is 2.21. The molecule has 1 aliphatic carbocycles. The Morgan fingerprint density at radius 3 is 3.10 bits per heavy atom. The molecule has 30 heavy (non-hydrogen) atoms. The van der Waals surface area contributed by atoms with Crippen molar-refractivity contribution in [2.24, 2.45) is 7.05 Å². The van der Waals surface area contributed by atoms with Gasteiger partial charge in [0.05, 0.1) is 27.9 Å². The summed E-state index contributed by atoms with van der Waals surface area (Å²) < 4.78 is 1.82. The number of halogens is 1. The van der Waals surface area contributed by atoms with Gasteiger partial charge in [-0.1, -0.05) is 11.6 Å². The van der Waals surface area contributed by atoms with E-state index in [-0.39, 0.29) is 17.2 Å². The van der Waals surface area contributed by atoms with Crippen LogP contribution in [0.3, 0.4) is 0 Å². The van der Waals surface area contributed by atoms with Crippen molar-refractivity contribution >= 4 is 67.8 Å². The monoisotopic (exact) mass is 459 g/mol. The molecule has 0 bridgehead atoms. The smallest absolute Gasteiger partial charge is 0.259 e. The van der Waals surface area contributed by atoms with E-state index >= 15 is 0 Å². The Kier molecular flexibility index (Phi) is 5.04. The summed E-state index contributed by atoms with van der Waals surface area (Å²) in [5, 5.41) is 4.18. The van der Waals surface area contributed by atoms with Crippen LogP contribution in [0.15, 0.2) is 23.0 Å². The van der Waals surface area contributed by atoms with Gasteiger partial charge in [-0.25, -0.2) is 9.97 Å². The first-order chi connectivity index (χ1) is 14.5. The Hall–Kier alpha value is -2.36. The molecule has 1 aromatic carbocycles. The lowest BCUT2D eigenvalue weighted by molar-refractivity contribution is -0.113. The molecule has 0 radical (unpaired) electrons. The molecule has 5 rings (SSSR count). The average Bonchev–Trinajstić information content (AvgIpc) is 3.35. The van der Waals surface area contributed by atoms with E-state index in [1.807, 2.05) is 17.7 Å². The standard InChI is InChI=1S/C20H18ClN5O2S2/c1-26-13-6-5-10(21)7-12(13)22-20(26)25-16(27)9-29-8-15-23-18(28)17-11-3-2-4-14(11)30-19(17)24-15/h5-7H,2-4,8-9H2,1H3,(H,22,25,27)(H,23,24,28). The van der Waals surface area contributed by atoms with Gasteiger partial charge < -0.3 is 9.55 Å². The highest BCUT2D eigenvalue weighted by molar-refractivity contribution is 7.99. The molecule has 0 fully saturated rings. The second-order valence-electron chi connectivity index (χ2n) is 7.22. The first-order valence-corrected chi connectivity index (χ1v) is 11.9. The molecule has 0 aliphatic heterocycles. The predicted octanol–water partition coefficient (Wildman–Crippen LogP) is 3.89. The molecule has 0 saturated heterocycles. The van der Waals surface area contributed by atoms with Gasteiger partial charge in [0.25, 0.3) is 5.56 Å². The molecule has 10 heteroatoms. The van der Waals surface area contributed by atoms with Crippen LogP contribution in [-0.2, 0) is 30.4 Å². The Bertz CT molecular complexity index is 1360. The number of carbonyl (C=O) groups excluding carboxylic acids is 1. The van der Waals surface area contributed by atoms with Crippen LogP contribution in [-0.4, -0.2) is 31.2 Å². The molecule has 3 heterocycles. The molecular weight excluding hydrogens is 442 g/mol. The summed E-state index contributed by atoms with van der Waals surface area (Å²) in [4.78, 5) is 38.9. The number of H-pyrrole nitrogens is 1. The van der Waals surface area contributed by atoms with Crippen LogP contribution in [0, 0.1) is 0 Å². The number of nitrogens with zero attached hydrogens (tertiary/aromatic N) is 3. The first-order valence-electron chi connectivity index (χ1n) is 9.52. The fourth-order valence-corrected chi connectivity index (χ4v) is 5.94. The number of anilines is 1. The summed E-state index contributed by atoms with van der Waals surface area (Å²) in [6, 6.07) is 5.42. The summed E-state index contributed by atoms with van der Waals surface area (Å²) >= 11 is 9.03. The topological polar surface area (TPSA) is 92.7 Å². The van der Waals surface area contributed by atoms with Crippen molar-refractivity contribution < 1.29 is 4.79 Å². The van der Waals surface area contributed by atoms with Crippen molar-refractivity contribution in [1.29, 1.82) is 0 Å². The van der Waals surface area contributed by atoms with E-state index in [1.165, 1.54) is 22.2 Å². The minimum atomic E-state index is -0.164. The maximum atomic E-state index is 12.5. The summed E-state index contributed by atoms with van der Waals surface area (Å²) in [5.74, 6) is 1.59. The SMILES string of the molecule is Cn1c(NC(=O)CSCc2nc3sc4c(c3c(=O)[nH]2)CCC4)nc2cc(Cl)ccc21. The van der Waals surface area contributed by atoms with Crippen molar-refractivity contribution in [3.8, 4) is 0 Å². The summed E-state index contributed by atoms with van der Waals surface area (Å²) in [6.07, 6.45) is 3.11. The van der Waals surface area contributed by atoms with Crippen molar-refractivity contribution in [3.05, 3.63) is 49.8 Å². The molecule has 1 aliphatic rings. The number of nitrogens with one attached hydrogen (secondary N) is 2. The van der Waals surface area contributed by atoms with Gasteiger partial charge in [-0.2, -0.15) is 0 Å². The van der Waals surface area contributed by atoms with Crippen LogP contribution in [0.1, 0.15) is 22.7 Å². The number of hydrogen-bond acceptors (Lipinski definition) is 6. The van der Waals surface area contributed by atoms with Crippen LogP contribution in [0.2, 0.25) is 5.02 Å². The lowest BCUT2D eigenvalue weighted by Gasteiger charge is -2.05. The molecule has 4 aromatic rings. The summed E-state index contributed by atoms with van der Waals surface area (Å²) in [5.41, 5.74) is 2.72. The van der Waals surface area contributed by atoms with Crippen LogP contribution >= 0.6 is 34.7 Å². The Morgan fingerprint density at radius 2 is 2.23 bits per heavy atom. The number of aromatic nitrogens is 4. The van der Waals surface area contributed by atoms with Gasteiger partial charge in [-0.05, 0) is 43.0 Å². The molecule has 154 valence electrons. The largest absolute Gasteiger partial charge is 0.313 e. The van der Waals surface area contributed by atoms with E-state index in [2.05, 4.69) is 20.3 Å². The Labute approximate surface area is 184 Å². The number of aromatic amines is 1. The Morgan fingerprint density at radius 1 is 1.37 bits per heavy atom. The van der Waals surface area contributed by atoms with Crippen LogP contribution < -0.4 is 10.9 Å². The fourth-order valence-electron chi connectivity index (χ4n) is 3.80. The highest BCUT2D eigenvalue weighted by Crippen LogP contribution is 2.34. The maximum Gasteiger partial charge on any atom is 0.259 e. The number of imidazole rings is 1. The molecule has 3 aromatic heterocycles. The number of hydrogen-bond donors (Lipinski definition) is 2. The normalized spacial score (nSPS) is 13.3. The molecule has 2 N–H and O–H groups in total. The van der Waals surface area contributed by atoms with Crippen molar-refractivity contribution in [2.45, 2.75) is 25.0 Å². The zero-order chi connectivity index (χ0) is 20.8. The maximum absolute atomic E-state index is 12.5. The third kappa shape index (κ3) is 3.51. The number of benzene rings is 1. The molecule has 0 spiro atoms. The van der Waals surface area contributed by atoms with Crippen LogP contribution in [0.5, 0.6) is 0 Å². The van der Waals surface area contributed by atoms with Crippen LogP contribution in [0.4, 0.5) is 5.95 Å². The molecule has 7 nitrogen and oxygen atoms in total. The molecule has 0 saturated carbocycles. The van der Waals surface area contributed by atoms with Gasteiger partial charge in [0.2, 0.25) is 11.9 Å². The molecular formula is C20H18ClN5O2S2. The zero-order valence-corrected chi connectivity index (χ0v) is 18.5. The lowest BCUT2D eigenvalue weighted by Crippen LogP contribution is -2.17. The third-order valence-electron chi connectivity index (χ3n) is 5.19. The van der Waals surface area contributed by atoms with Gasteiger partial charge in [-0.3, -0.25) is 14.9 Å². The van der Waals surface area contributed by atoms with E-state index in [0.29, 0.717) is 22.5 Å². The number of aryl methyl sites for hydroxylation is 3. The second-order valence-corrected chi connectivity index (χ2v) is 9.72. The van der Waals surface area contributed by atoms with Gasteiger partial charge in [0.15, 0.2) is 0 Å². The van der Waals surface area contributed by atoms with Gasteiger partial charge >= 0.3 is 0 Å². The van der Waals surface area contributed by atoms with Gasteiger partial charge in [0.1, 0.15) is 10.7 Å². The Balaban J connectivity index is 1.24. The highest BCUT2D eigenvalue weighted by atomic mass is 35.5. The van der Waals surface area contributed by atoms with Crippen molar-refractivity contribution in [3.63, 3.8) is 0 Å². The minimum absolute atomic E-state index is 0.0715. The minimum Gasteiger partial charge on any atom is -0.313 e. The van der Waals surface area contributed by atoms with E-state index < -0.39 is 0 Å². The summed E-state index contributed by atoms with van der Waals surface area (Å²) in [6.45, 7) is 0. The number of amides is 1. The van der Waals surface area contributed by atoms with Crippen molar-refractivity contribution in [2.75, 3.05) is 11.1 Å². The van der Waals surface area contributed by atoms with Gasteiger partial charge in [-0.15, -0.1) is 23.1 Å². The summed E-state index contributed by atoms with van der Waals surface area (Å²) in [7, 11) is 1.84. The van der Waals surface area contributed by atoms with E-state index in [4.69, 9.17) is 11.6 Å². The second kappa shape index (κ2) is 7.72. The molecule has 0 unspecified atom stereocenters. The first kappa shape index (κ1) is 19.6. The van der Waals surface area contributed by atoms with E-state index in [1.54, 1.807) is 23.5 Å². The number of thiophene rings is 1. The number of thioether (sulfide) groups is 1. The number of fused-ring (bicyclic) bond motifs is 4. The molecule has 0 atom stereocenters. The van der Waals surface area contributed by atoms with Crippen molar-refractivity contribution in [1.82, 2.24) is 19.5 Å². The predicted molar refractivity (Wildman–Crippen MR) is 123 cm³/mol. The number of carbonyl (C=O) groups is 1. The fraction of sp³-hybridized carbons (Fsp3) is 0.300. The average molecular weight is 460 g/mol. The lowest BCUT2D eigenvalue weighted by atomic mass is 10.2. The quantitative estimate of drug-likeness (QED) is 0.472.